The molecule has 0 aliphatic carbocycles. The van der Waals surface area contributed by atoms with Crippen LogP contribution in [0.1, 0.15) is 63.1 Å². The van der Waals surface area contributed by atoms with Gasteiger partial charge >= 0.3 is 23.9 Å². The fraction of sp³-hybridized carbons (Fsp3) is 0.297. The molecule has 10 heteroatoms. The third-order valence-electron chi connectivity index (χ3n) is 7.51. The van der Waals surface area contributed by atoms with Crippen molar-refractivity contribution >= 4 is 23.9 Å². The predicted molar refractivity (Wildman–Crippen MR) is 177 cm³/mol. The lowest BCUT2D eigenvalue weighted by Crippen LogP contribution is -2.07. The van der Waals surface area contributed by atoms with Gasteiger partial charge in [0.25, 0.3) is 0 Å². The topological polar surface area (TPSA) is 146 Å². The molecule has 0 aliphatic rings. The van der Waals surface area contributed by atoms with Crippen molar-refractivity contribution in [3.63, 3.8) is 0 Å². The predicted octanol–water partition coefficient (Wildman–Crippen LogP) is 7.12. The van der Waals surface area contributed by atoms with Crippen molar-refractivity contribution in [3.8, 4) is 33.8 Å². The normalized spacial score (nSPS) is 10.5. The van der Waals surface area contributed by atoms with Crippen molar-refractivity contribution in [2.24, 2.45) is 0 Å². The number of hydrogen-bond acceptors (Lipinski definition) is 8. The van der Waals surface area contributed by atoms with Gasteiger partial charge in [0.05, 0.1) is 37.6 Å². The van der Waals surface area contributed by atoms with Crippen LogP contribution in [-0.2, 0) is 19.1 Å². The second-order valence-corrected chi connectivity index (χ2v) is 10.7. The van der Waals surface area contributed by atoms with Crippen LogP contribution in [0.2, 0.25) is 0 Å². The van der Waals surface area contributed by atoms with E-state index < -0.39 is 23.9 Å². The van der Waals surface area contributed by atoms with E-state index in [0.29, 0.717) is 72.6 Å². The van der Waals surface area contributed by atoms with E-state index in [2.05, 4.69) is 13.2 Å². The molecule has 0 spiro atoms. The number of aromatic carboxylic acids is 2. The summed E-state index contributed by atoms with van der Waals surface area (Å²) in [5.41, 5.74) is 4.92. The Balaban J connectivity index is 1.93. The highest BCUT2D eigenvalue weighted by molar-refractivity contribution is 5.95. The van der Waals surface area contributed by atoms with E-state index in [1.54, 1.807) is 26.0 Å². The number of carbonyl (C=O) groups excluding carboxylic acids is 2. The summed E-state index contributed by atoms with van der Waals surface area (Å²) in [6.45, 7) is 13.2. The fourth-order valence-corrected chi connectivity index (χ4v) is 5.11. The van der Waals surface area contributed by atoms with Crippen LogP contribution >= 0.6 is 0 Å². The average Bonchev–Trinajstić information content (AvgIpc) is 3.04. The fourth-order valence-electron chi connectivity index (χ4n) is 5.11. The van der Waals surface area contributed by atoms with Gasteiger partial charge in [0.15, 0.2) is 0 Å². The number of esters is 2. The lowest BCUT2D eigenvalue weighted by Gasteiger charge is -2.20. The maximum Gasteiger partial charge on any atom is 0.335 e. The Morgan fingerprint density at radius 1 is 0.638 bits per heavy atom. The summed E-state index contributed by atoms with van der Waals surface area (Å²) in [5.74, 6) is -2.07. The van der Waals surface area contributed by atoms with Gasteiger partial charge in [-0.25, -0.2) is 19.2 Å². The molecule has 0 amide bonds. The Morgan fingerprint density at radius 3 is 1.53 bits per heavy atom. The molecule has 0 aromatic heterocycles. The molecular weight excluding hydrogens is 604 g/mol. The third kappa shape index (κ3) is 9.56. The van der Waals surface area contributed by atoms with Gasteiger partial charge in [-0.3, -0.25) is 0 Å². The van der Waals surface area contributed by atoms with Crippen molar-refractivity contribution in [1.82, 2.24) is 0 Å². The van der Waals surface area contributed by atoms with Gasteiger partial charge < -0.3 is 29.2 Å². The van der Waals surface area contributed by atoms with E-state index in [0.717, 1.165) is 28.8 Å². The van der Waals surface area contributed by atoms with Crippen LogP contribution < -0.4 is 9.47 Å². The molecule has 47 heavy (non-hydrogen) atoms. The first-order chi connectivity index (χ1) is 22.5. The number of unbranched alkanes of at least 4 members (excludes halogenated alkanes) is 2. The Kier molecular flexibility index (Phi) is 13.3. The Morgan fingerprint density at radius 2 is 1.09 bits per heavy atom. The summed E-state index contributed by atoms with van der Waals surface area (Å²) in [6.07, 6.45) is 4.58. The lowest BCUT2D eigenvalue weighted by molar-refractivity contribution is -0.138. The molecule has 0 unspecified atom stereocenters. The van der Waals surface area contributed by atoms with Crippen LogP contribution in [-0.4, -0.2) is 60.5 Å². The van der Waals surface area contributed by atoms with E-state index in [4.69, 9.17) is 18.9 Å². The van der Waals surface area contributed by atoms with Crippen LogP contribution in [0.3, 0.4) is 0 Å². The van der Waals surface area contributed by atoms with Gasteiger partial charge in [0.1, 0.15) is 11.5 Å². The SMILES string of the molecule is C=CC(=O)OCCCCOc1ccc(C(=O)O)c(C)c1-c1ccc(-c2c(OCCCCOC(=O)C=C)ccc(C(=O)O)c2C)c(C)c1. The zero-order valence-electron chi connectivity index (χ0n) is 26.9. The molecule has 248 valence electrons. The van der Waals surface area contributed by atoms with Crippen molar-refractivity contribution in [2.75, 3.05) is 26.4 Å². The van der Waals surface area contributed by atoms with Crippen molar-refractivity contribution in [3.05, 3.63) is 95.6 Å². The summed E-state index contributed by atoms with van der Waals surface area (Å²) in [5, 5.41) is 19.7. The highest BCUT2D eigenvalue weighted by Gasteiger charge is 2.21. The average molecular weight is 645 g/mol. The van der Waals surface area contributed by atoms with Crippen molar-refractivity contribution in [2.45, 2.75) is 46.5 Å². The summed E-state index contributed by atoms with van der Waals surface area (Å²) in [7, 11) is 0. The van der Waals surface area contributed by atoms with Crippen molar-refractivity contribution in [1.29, 1.82) is 0 Å². The lowest BCUT2D eigenvalue weighted by atomic mass is 9.89. The molecule has 0 atom stereocenters. The number of rotatable bonds is 18. The maximum atomic E-state index is 12.0. The highest BCUT2D eigenvalue weighted by Crippen LogP contribution is 2.41. The highest BCUT2D eigenvalue weighted by atomic mass is 16.5. The number of benzene rings is 3. The molecule has 0 bridgehead atoms. The molecule has 0 fully saturated rings. The molecule has 10 nitrogen and oxygen atoms in total. The first-order valence-corrected chi connectivity index (χ1v) is 15.2. The summed E-state index contributed by atoms with van der Waals surface area (Å²) in [4.78, 5) is 46.6. The third-order valence-corrected chi connectivity index (χ3v) is 7.51. The number of carbonyl (C=O) groups is 4. The smallest absolute Gasteiger partial charge is 0.335 e. The molecule has 3 aromatic carbocycles. The standard InChI is InChI=1S/C37H40O10/c1-6-32(38)46-20-10-8-18-44-30-16-14-28(36(40)41)24(4)34(30)26-12-13-27(23(3)22-26)35-25(5)29(37(42)43)15-17-31(35)45-19-9-11-21-47-33(39)7-2/h6-7,12-17,22H,1-2,8-11,18-21H2,3-5H3,(H,40,41)(H,42,43). The second-order valence-electron chi connectivity index (χ2n) is 10.7. The van der Waals surface area contributed by atoms with Crippen LogP contribution in [0.15, 0.2) is 67.8 Å². The number of carboxylic acid groups (broad SMARTS) is 2. The molecular formula is C37H40O10. The second kappa shape index (κ2) is 17.4. The molecule has 3 aromatic rings. The summed E-state index contributed by atoms with van der Waals surface area (Å²) >= 11 is 0. The first kappa shape index (κ1) is 36.1. The first-order valence-electron chi connectivity index (χ1n) is 15.2. The Bertz CT molecular complexity index is 1650. The van der Waals surface area contributed by atoms with Gasteiger partial charge in [-0.2, -0.15) is 0 Å². The quantitative estimate of drug-likeness (QED) is 0.0834. The van der Waals surface area contributed by atoms with Gasteiger partial charge in [-0.15, -0.1) is 0 Å². The number of hydrogen-bond donors (Lipinski definition) is 2. The molecule has 3 rings (SSSR count). The number of aryl methyl sites for hydroxylation is 1. The summed E-state index contributed by atoms with van der Waals surface area (Å²) in [6, 6.07) is 11.9. The molecule has 0 aliphatic heterocycles. The van der Waals surface area contributed by atoms with Gasteiger partial charge in [-0.1, -0.05) is 31.4 Å². The van der Waals surface area contributed by atoms with E-state index in [1.165, 1.54) is 12.1 Å². The van der Waals surface area contributed by atoms with Crippen LogP contribution in [0.4, 0.5) is 0 Å². The van der Waals surface area contributed by atoms with Crippen LogP contribution in [0.5, 0.6) is 11.5 Å². The van der Waals surface area contributed by atoms with Crippen LogP contribution in [0, 0.1) is 20.8 Å². The molecule has 2 N–H and O–H groups in total. The number of carboxylic acids is 2. The van der Waals surface area contributed by atoms with E-state index >= 15 is 0 Å². The van der Waals surface area contributed by atoms with Gasteiger partial charge in [0.2, 0.25) is 0 Å². The van der Waals surface area contributed by atoms with Gasteiger partial charge in [-0.05, 0) is 98.5 Å². The largest absolute Gasteiger partial charge is 0.493 e. The molecule has 0 heterocycles. The summed E-state index contributed by atoms with van der Waals surface area (Å²) < 4.78 is 22.2. The molecule has 0 saturated heterocycles. The minimum absolute atomic E-state index is 0.144. The van der Waals surface area contributed by atoms with E-state index in [1.807, 2.05) is 25.1 Å². The minimum atomic E-state index is -1.06. The van der Waals surface area contributed by atoms with Crippen LogP contribution in [0.25, 0.3) is 22.3 Å². The zero-order valence-corrected chi connectivity index (χ0v) is 26.9. The van der Waals surface area contributed by atoms with E-state index in [-0.39, 0.29) is 24.3 Å². The zero-order chi connectivity index (χ0) is 34.5. The molecule has 0 radical (unpaired) electrons. The Labute approximate surface area is 274 Å². The Hall–Kier alpha value is -5.38. The molecule has 0 saturated carbocycles. The monoisotopic (exact) mass is 644 g/mol. The van der Waals surface area contributed by atoms with Crippen molar-refractivity contribution < 1.29 is 48.3 Å². The minimum Gasteiger partial charge on any atom is -0.493 e. The maximum absolute atomic E-state index is 12.0. The van der Waals surface area contributed by atoms with E-state index in [9.17, 15) is 29.4 Å². The van der Waals surface area contributed by atoms with Gasteiger partial charge in [0, 0.05) is 23.3 Å². The number of ether oxygens (including phenoxy) is 4.